The zero-order valence-corrected chi connectivity index (χ0v) is 11.3. The largest absolute Gasteiger partial charge is 0.399 e. The molecule has 0 radical (unpaired) electrons. The standard InChI is InChI=1S/C11H15ClN2O3S/c12-10-4-3-8(13)6-11(10)18(15,16)14-7-9-2-1-5-17-9/h3-4,6,9,14H,1-2,5,7,13H2. The quantitative estimate of drug-likeness (QED) is 0.821. The third-order valence-corrected chi connectivity index (χ3v) is 4.67. The van der Waals surface area contributed by atoms with E-state index >= 15 is 0 Å². The molecule has 18 heavy (non-hydrogen) atoms. The zero-order valence-electron chi connectivity index (χ0n) is 9.73. The normalized spacial score (nSPS) is 20.2. The van der Waals surface area contributed by atoms with Gasteiger partial charge in [0.2, 0.25) is 10.0 Å². The molecule has 0 bridgehead atoms. The van der Waals surface area contributed by atoms with E-state index in [-0.39, 0.29) is 22.6 Å². The van der Waals surface area contributed by atoms with E-state index in [1.54, 1.807) is 6.07 Å². The average molecular weight is 291 g/mol. The van der Waals surface area contributed by atoms with E-state index in [1.165, 1.54) is 12.1 Å². The molecule has 1 aliphatic rings. The molecular weight excluding hydrogens is 276 g/mol. The highest BCUT2D eigenvalue weighted by Crippen LogP contribution is 2.23. The molecule has 100 valence electrons. The lowest BCUT2D eigenvalue weighted by Crippen LogP contribution is -2.32. The van der Waals surface area contributed by atoms with Gasteiger partial charge in [-0.25, -0.2) is 13.1 Å². The van der Waals surface area contributed by atoms with Crippen molar-refractivity contribution in [2.24, 2.45) is 0 Å². The van der Waals surface area contributed by atoms with Gasteiger partial charge in [0.25, 0.3) is 0 Å². The van der Waals surface area contributed by atoms with Crippen LogP contribution in [0.2, 0.25) is 5.02 Å². The maximum atomic E-state index is 12.1. The number of benzene rings is 1. The van der Waals surface area contributed by atoms with Gasteiger partial charge in [-0.3, -0.25) is 0 Å². The van der Waals surface area contributed by atoms with Crippen LogP contribution in [0.25, 0.3) is 0 Å². The van der Waals surface area contributed by atoms with Crippen LogP contribution in [-0.2, 0) is 14.8 Å². The Morgan fingerprint density at radius 3 is 2.94 bits per heavy atom. The summed E-state index contributed by atoms with van der Waals surface area (Å²) < 4.78 is 32.0. The molecule has 1 aromatic carbocycles. The van der Waals surface area contributed by atoms with Crippen molar-refractivity contribution in [1.82, 2.24) is 4.72 Å². The zero-order chi connectivity index (χ0) is 13.2. The molecule has 0 saturated carbocycles. The Morgan fingerprint density at radius 2 is 2.28 bits per heavy atom. The van der Waals surface area contributed by atoms with E-state index in [9.17, 15) is 8.42 Å². The van der Waals surface area contributed by atoms with Gasteiger partial charge in [0.1, 0.15) is 4.90 Å². The molecule has 7 heteroatoms. The Hall–Kier alpha value is -0.820. The third-order valence-electron chi connectivity index (χ3n) is 2.77. The van der Waals surface area contributed by atoms with E-state index in [0.717, 1.165) is 12.8 Å². The van der Waals surface area contributed by atoms with Crippen LogP contribution in [0.5, 0.6) is 0 Å². The number of halogens is 1. The molecule has 0 aliphatic carbocycles. The van der Waals surface area contributed by atoms with Gasteiger partial charge in [-0.15, -0.1) is 0 Å². The van der Waals surface area contributed by atoms with Crippen LogP contribution >= 0.6 is 11.6 Å². The molecule has 1 aliphatic heterocycles. The summed E-state index contributed by atoms with van der Waals surface area (Å²) in [5.74, 6) is 0. The van der Waals surface area contributed by atoms with Gasteiger partial charge in [0.05, 0.1) is 11.1 Å². The fraction of sp³-hybridized carbons (Fsp3) is 0.455. The van der Waals surface area contributed by atoms with E-state index < -0.39 is 10.0 Å². The lowest BCUT2D eigenvalue weighted by molar-refractivity contribution is 0.114. The van der Waals surface area contributed by atoms with E-state index in [2.05, 4.69) is 4.72 Å². The molecule has 1 atom stereocenters. The predicted molar refractivity (Wildman–Crippen MR) is 70.0 cm³/mol. The van der Waals surface area contributed by atoms with Crippen LogP contribution in [0.3, 0.4) is 0 Å². The van der Waals surface area contributed by atoms with E-state index in [0.29, 0.717) is 12.3 Å². The Labute approximate surface area is 111 Å². The molecule has 1 heterocycles. The molecule has 1 aromatic rings. The predicted octanol–water partition coefficient (Wildman–Crippen LogP) is 1.38. The number of sulfonamides is 1. The second-order valence-electron chi connectivity index (χ2n) is 4.18. The van der Waals surface area contributed by atoms with Crippen LogP contribution in [0.1, 0.15) is 12.8 Å². The minimum atomic E-state index is -3.64. The van der Waals surface area contributed by atoms with Crippen molar-refractivity contribution in [2.75, 3.05) is 18.9 Å². The molecule has 5 nitrogen and oxygen atoms in total. The Bertz CT molecular complexity index is 527. The van der Waals surface area contributed by atoms with Crippen LogP contribution < -0.4 is 10.5 Å². The van der Waals surface area contributed by atoms with Gasteiger partial charge < -0.3 is 10.5 Å². The topological polar surface area (TPSA) is 81.4 Å². The fourth-order valence-electron chi connectivity index (χ4n) is 1.81. The molecule has 1 saturated heterocycles. The van der Waals surface area contributed by atoms with Crippen LogP contribution in [0.15, 0.2) is 23.1 Å². The fourth-order valence-corrected chi connectivity index (χ4v) is 3.41. The van der Waals surface area contributed by atoms with Gasteiger partial charge in [-0.1, -0.05) is 11.6 Å². The number of nitrogen functional groups attached to an aromatic ring is 1. The molecule has 1 fully saturated rings. The second kappa shape index (κ2) is 5.44. The van der Waals surface area contributed by atoms with Gasteiger partial charge in [-0.2, -0.15) is 0 Å². The summed E-state index contributed by atoms with van der Waals surface area (Å²) >= 11 is 5.87. The van der Waals surface area contributed by atoms with Crippen LogP contribution in [-0.4, -0.2) is 27.7 Å². The summed E-state index contributed by atoms with van der Waals surface area (Å²) in [6.45, 7) is 0.943. The van der Waals surface area contributed by atoms with Gasteiger partial charge >= 0.3 is 0 Å². The summed E-state index contributed by atoms with van der Waals surface area (Å²) in [6.07, 6.45) is 1.78. The van der Waals surface area contributed by atoms with Gasteiger partial charge in [-0.05, 0) is 31.0 Å². The van der Waals surface area contributed by atoms with Gasteiger partial charge in [0, 0.05) is 18.8 Å². The molecule has 2 rings (SSSR count). The van der Waals surface area contributed by atoms with Crippen molar-refractivity contribution in [1.29, 1.82) is 0 Å². The van der Waals surface area contributed by atoms with Crippen molar-refractivity contribution >= 4 is 27.3 Å². The van der Waals surface area contributed by atoms with Crippen LogP contribution in [0.4, 0.5) is 5.69 Å². The number of hydrogen-bond donors (Lipinski definition) is 2. The number of rotatable bonds is 4. The maximum Gasteiger partial charge on any atom is 0.242 e. The highest BCUT2D eigenvalue weighted by atomic mass is 35.5. The summed E-state index contributed by atoms with van der Waals surface area (Å²) in [5, 5.41) is 0.157. The first-order valence-corrected chi connectivity index (χ1v) is 7.51. The Balaban J connectivity index is 2.12. The minimum absolute atomic E-state index is 0.00200. The lowest BCUT2D eigenvalue weighted by Gasteiger charge is -2.12. The number of anilines is 1. The molecule has 1 unspecified atom stereocenters. The number of nitrogens with two attached hydrogens (primary N) is 1. The summed E-state index contributed by atoms with van der Waals surface area (Å²) in [6, 6.07) is 4.37. The molecule has 3 N–H and O–H groups in total. The van der Waals surface area contributed by atoms with E-state index in [1.807, 2.05) is 0 Å². The SMILES string of the molecule is Nc1ccc(Cl)c(S(=O)(=O)NCC2CCCO2)c1. The molecular formula is C11H15ClN2O3S. The highest BCUT2D eigenvalue weighted by Gasteiger charge is 2.22. The van der Waals surface area contributed by atoms with Crippen molar-refractivity contribution in [3.8, 4) is 0 Å². The molecule has 0 aromatic heterocycles. The van der Waals surface area contributed by atoms with Crippen molar-refractivity contribution < 1.29 is 13.2 Å². The molecule has 0 spiro atoms. The Morgan fingerprint density at radius 1 is 1.50 bits per heavy atom. The maximum absolute atomic E-state index is 12.1. The second-order valence-corrected chi connectivity index (χ2v) is 6.32. The monoisotopic (exact) mass is 290 g/mol. The van der Waals surface area contributed by atoms with Crippen molar-refractivity contribution in [2.45, 2.75) is 23.8 Å². The number of ether oxygens (including phenoxy) is 1. The molecule has 0 amide bonds. The first-order valence-electron chi connectivity index (χ1n) is 5.65. The number of nitrogens with one attached hydrogen (secondary N) is 1. The van der Waals surface area contributed by atoms with Crippen molar-refractivity contribution in [3.63, 3.8) is 0 Å². The summed E-state index contributed by atoms with van der Waals surface area (Å²) in [7, 11) is -3.64. The Kier molecular flexibility index (Phi) is 4.11. The summed E-state index contributed by atoms with van der Waals surface area (Å²) in [4.78, 5) is 0.00200. The van der Waals surface area contributed by atoms with Gasteiger partial charge in [0.15, 0.2) is 0 Å². The minimum Gasteiger partial charge on any atom is -0.399 e. The van der Waals surface area contributed by atoms with Crippen molar-refractivity contribution in [3.05, 3.63) is 23.2 Å². The number of hydrogen-bond acceptors (Lipinski definition) is 4. The summed E-state index contributed by atoms with van der Waals surface area (Å²) in [5.41, 5.74) is 5.93. The van der Waals surface area contributed by atoms with E-state index in [4.69, 9.17) is 22.1 Å². The first kappa shape index (κ1) is 13.6. The first-order chi connectivity index (χ1) is 8.49. The average Bonchev–Trinajstić information content (AvgIpc) is 2.83. The highest BCUT2D eigenvalue weighted by molar-refractivity contribution is 7.89. The smallest absolute Gasteiger partial charge is 0.242 e. The third kappa shape index (κ3) is 3.14. The van der Waals surface area contributed by atoms with Crippen LogP contribution in [0, 0.1) is 0 Å². The lowest BCUT2D eigenvalue weighted by atomic mass is 10.2.